The molecule has 0 fully saturated rings. The molecule has 0 spiro atoms. The van der Waals surface area contributed by atoms with Gasteiger partial charge in [-0.1, -0.05) is 11.6 Å². The van der Waals surface area contributed by atoms with E-state index in [-0.39, 0.29) is 18.3 Å². The Kier molecular flexibility index (Phi) is 4.14. The zero-order valence-corrected chi connectivity index (χ0v) is 14.5. The number of Topliss-reactive ketones (excluding diaryl/α,β-unsaturated/α-hetero) is 1. The van der Waals surface area contributed by atoms with Crippen LogP contribution < -0.4 is 14.2 Å². The van der Waals surface area contributed by atoms with Crippen molar-refractivity contribution in [1.29, 1.82) is 0 Å². The van der Waals surface area contributed by atoms with Gasteiger partial charge in [0.2, 0.25) is 5.78 Å². The number of hydrogen-bond acceptors (Lipinski definition) is 6. The molecular formula is C19H13ClO6. The summed E-state index contributed by atoms with van der Waals surface area (Å²) in [5.74, 6) is 0.678. The zero-order chi connectivity index (χ0) is 18.3. The van der Waals surface area contributed by atoms with Gasteiger partial charge in [0.05, 0.1) is 12.2 Å². The molecule has 2 aliphatic rings. The standard InChI is InChI=1S/C19H13ClO6/c1-10(21)25-14-2-3-15-16(7-14)26-17(18(15)22)6-11-4-13(20)5-12-8-23-9-24-19(11)12/h2-7H,8-9H2,1H3/b17-6-. The number of benzene rings is 2. The molecule has 132 valence electrons. The Balaban J connectivity index is 1.70. The number of carbonyl (C=O) groups is 2. The second-order valence-corrected chi connectivity index (χ2v) is 6.22. The van der Waals surface area contributed by atoms with E-state index in [0.29, 0.717) is 40.0 Å². The van der Waals surface area contributed by atoms with Gasteiger partial charge in [-0.05, 0) is 30.3 Å². The fraction of sp³-hybridized carbons (Fsp3) is 0.158. The third kappa shape index (κ3) is 3.05. The molecule has 2 aliphatic heterocycles. The highest BCUT2D eigenvalue weighted by atomic mass is 35.5. The first-order valence-corrected chi connectivity index (χ1v) is 8.19. The first kappa shape index (κ1) is 16.6. The molecule has 0 saturated heterocycles. The average molecular weight is 373 g/mol. The third-order valence-corrected chi connectivity index (χ3v) is 4.11. The van der Waals surface area contributed by atoms with E-state index in [2.05, 4.69) is 0 Å². The summed E-state index contributed by atoms with van der Waals surface area (Å²) in [6.07, 6.45) is 1.59. The Hall–Kier alpha value is -2.83. The molecule has 2 aromatic carbocycles. The van der Waals surface area contributed by atoms with Gasteiger partial charge in [-0.15, -0.1) is 0 Å². The maximum atomic E-state index is 12.6. The number of ketones is 1. The highest BCUT2D eigenvalue weighted by Gasteiger charge is 2.29. The van der Waals surface area contributed by atoms with Gasteiger partial charge in [-0.2, -0.15) is 0 Å². The lowest BCUT2D eigenvalue weighted by atomic mass is 10.1. The molecule has 0 aromatic heterocycles. The predicted octanol–water partition coefficient (Wildman–Crippen LogP) is 3.75. The van der Waals surface area contributed by atoms with Crippen molar-refractivity contribution < 1.29 is 28.5 Å². The van der Waals surface area contributed by atoms with E-state index in [0.717, 1.165) is 5.56 Å². The Morgan fingerprint density at radius 1 is 1.27 bits per heavy atom. The second kappa shape index (κ2) is 6.48. The van der Waals surface area contributed by atoms with E-state index in [9.17, 15) is 9.59 Å². The van der Waals surface area contributed by atoms with Crippen LogP contribution in [0.15, 0.2) is 36.1 Å². The predicted molar refractivity (Wildman–Crippen MR) is 92.4 cm³/mol. The maximum absolute atomic E-state index is 12.6. The van der Waals surface area contributed by atoms with Gasteiger partial charge in [-0.25, -0.2) is 0 Å². The number of hydrogen-bond donors (Lipinski definition) is 0. The zero-order valence-electron chi connectivity index (χ0n) is 13.7. The smallest absolute Gasteiger partial charge is 0.308 e. The van der Waals surface area contributed by atoms with E-state index < -0.39 is 5.97 Å². The van der Waals surface area contributed by atoms with Crippen molar-refractivity contribution in [2.24, 2.45) is 0 Å². The van der Waals surface area contributed by atoms with Gasteiger partial charge in [0.1, 0.15) is 17.2 Å². The van der Waals surface area contributed by atoms with Crippen LogP contribution in [0.5, 0.6) is 17.2 Å². The van der Waals surface area contributed by atoms with Crippen LogP contribution in [0.1, 0.15) is 28.4 Å². The van der Waals surface area contributed by atoms with E-state index in [1.807, 2.05) is 0 Å². The molecule has 2 heterocycles. The minimum absolute atomic E-state index is 0.131. The Morgan fingerprint density at radius 2 is 2.12 bits per heavy atom. The van der Waals surface area contributed by atoms with Crippen LogP contribution in [-0.4, -0.2) is 18.5 Å². The van der Waals surface area contributed by atoms with Gasteiger partial charge in [0, 0.05) is 29.1 Å². The van der Waals surface area contributed by atoms with E-state index in [1.165, 1.54) is 13.0 Å². The summed E-state index contributed by atoms with van der Waals surface area (Å²) in [5.41, 5.74) is 1.83. The lowest BCUT2D eigenvalue weighted by Crippen LogP contribution is -2.12. The highest BCUT2D eigenvalue weighted by Crippen LogP contribution is 2.38. The van der Waals surface area contributed by atoms with Crippen molar-refractivity contribution in [2.75, 3.05) is 6.79 Å². The van der Waals surface area contributed by atoms with Gasteiger partial charge >= 0.3 is 5.97 Å². The van der Waals surface area contributed by atoms with Crippen molar-refractivity contribution >= 4 is 29.4 Å². The third-order valence-electron chi connectivity index (χ3n) is 3.89. The average Bonchev–Trinajstić information content (AvgIpc) is 2.89. The van der Waals surface area contributed by atoms with Gasteiger partial charge < -0.3 is 18.9 Å². The summed E-state index contributed by atoms with van der Waals surface area (Å²) in [6, 6.07) is 8.08. The van der Waals surface area contributed by atoms with Crippen molar-refractivity contribution in [3.05, 3.63) is 57.8 Å². The van der Waals surface area contributed by atoms with E-state index in [1.54, 1.807) is 30.3 Å². The fourth-order valence-corrected chi connectivity index (χ4v) is 3.10. The molecule has 0 amide bonds. The molecule has 0 saturated carbocycles. The second-order valence-electron chi connectivity index (χ2n) is 5.79. The molecule has 0 radical (unpaired) electrons. The van der Waals surface area contributed by atoms with E-state index in [4.69, 9.17) is 30.5 Å². The number of carbonyl (C=O) groups excluding carboxylic acids is 2. The number of ether oxygens (including phenoxy) is 4. The number of rotatable bonds is 2. The van der Waals surface area contributed by atoms with Crippen molar-refractivity contribution in [3.8, 4) is 17.2 Å². The summed E-state index contributed by atoms with van der Waals surface area (Å²) in [6.45, 7) is 1.81. The summed E-state index contributed by atoms with van der Waals surface area (Å²) in [7, 11) is 0. The highest BCUT2D eigenvalue weighted by molar-refractivity contribution is 6.31. The number of esters is 1. The lowest BCUT2D eigenvalue weighted by Gasteiger charge is -2.20. The minimum atomic E-state index is -0.449. The molecule has 0 atom stereocenters. The molecule has 7 heteroatoms. The van der Waals surface area contributed by atoms with Crippen molar-refractivity contribution in [1.82, 2.24) is 0 Å². The largest absolute Gasteiger partial charge is 0.467 e. The van der Waals surface area contributed by atoms with Crippen LogP contribution in [0.2, 0.25) is 5.02 Å². The topological polar surface area (TPSA) is 71.1 Å². The van der Waals surface area contributed by atoms with Crippen molar-refractivity contribution in [2.45, 2.75) is 13.5 Å². The fourth-order valence-electron chi connectivity index (χ4n) is 2.85. The van der Waals surface area contributed by atoms with Gasteiger partial charge in [0.15, 0.2) is 12.6 Å². The summed E-state index contributed by atoms with van der Waals surface area (Å²) >= 11 is 6.15. The number of allylic oxidation sites excluding steroid dienone is 1. The molecule has 0 aliphatic carbocycles. The Morgan fingerprint density at radius 3 is 2.92 bits per heavy atom. The molecule has 6 nitrogen and oxygen atoms in total. The molecule has 0 unspecified atom stereocenters. The molecule has 4 rings (SSSR count). The minimum Gasteiger partial charge on any atom is -0.467 e. The Labute approximate surface area is 153 Å². The first-order chi connectivity index (χ1) is 12.5. The van der Waals surface area contributed by atoms with Crippen LogP contribution in [0, 0.1) is 0 Å². The summed E-state index contributed by atoms with van der Waals surface area (Å²) in [5, 5.41) is 0.504. The number of fused-ring (bicyclic) bond motifs is 2. The molecule has 2 aromatic rings. The first-order valence-electron chi connectivity index (χ1n) is 7.81. The summed E-state index contributed by atoms with van der Waals surface area (Å²) < 4.78 is 21.5. The lowest BCUT2D eigenvalue weighted by molar-refractivity contribution is -0.131. The SMILES string of the molecule is CC(=O)Oc1ccc2c(c1)O/C(=C\c1cc(Cl)cc3c1OCOC3)C2=O. The summed E-state index contributed by atoms with van der Waals surface area (Å²) in [4.78, 5) is 23.7. The van der Waals surface area contributed by atoms with Crippen LogP contribution in [-0.2, 0) is 16.1 Å². The van der Waals surface area contributed by atoms with Crippen molar-refractivity contribution in [3.63, 3.8) is 0 Å². The van der Waals surface area contributed by atoms with Crippen LogP contribution in [0.3, 0.4) is 0 Å². The monoisotopic (exact) mass is 372 g/mol. The quantitative estimate of drug-likeness (QED) is 0.454. The molecule has 0 N–H and O–H groups in total. The van der Waals surface area contributed by atoms with Crippen LogP contribution >= 0.6 is 11.6 Å². The van der Waals surface area contributed by atoms with Crippen LogP contribution in [0.4, 0.5) is 0 Å². The molecule has 0 bridgehead atoms. The molecular weight excluding hydrogens is 360 g/mol. The van der Waals surface area contributed by atoms with Crippen LogP contribution in [0.25, 0.3) is 6.08 Å². The normalized spacial score (nSPS) is 16.5. The Bertz CT molecular complexity index is 963. The van der Waals surface area contributed by atoms with Gasteiger partial charge in [0.25, 0.3) is 0 Å². The van der Waals surface area contributed by atoms with Gasteiger partial charge in [-0.3, -0.25) is 9.59 Å². The maximum Gasteiger partial charge on any atom is 0.308 e. The number of halogens is 1. The molecule has 26 heavy (non-hydrogen) atoms. The van der Waals surface area contributed by atoms with E-state index >= 15 is 0 Å².